The van der Waals surface area contributed by atoms with Gasteiger partial charge in [0, 0.05) is 12.2 Å². The van der Waals surface area contributed by atoms with Crippen LogP contribution >= 0.6 is 0 Å². The Morgan fingerprint density at radius 1 is 1.14 bits per heavy atom. The van der Waals surface area contributed by atoms with Crippen molar-refractivity contribution in [3.8, 4) is 0 Å². The lowest BCUT2D eigenvalue weighted by Crippen LogP contribution is -3.15. The molecule has 4 N–H and O–H groups in total. The first-order valence-electron chi connectivity index (χ1n) is 9.64. The third kappa shape index (κ3) is 5.55. The molecule has 0 radical (unpaired) electrons. The molecule has 8 nitrogen and oxygen atoms in total. The highest BCUT2D eigenvalue weighted by Gasteiger charge is 2.31. The molecule has 1 aromatic carbocycles. The Bertz CT molecular complexity index is 789. The number of aliphatic hydroxyl groups excluding tert-OH is 1. The molecule has 1 saturated heterocycles. The number of anilines is 1. The van der Waals surface area contributed by atoms with Crippen LogP contribution in [0.4, 0.5) is 10.1 Å². The van der Waals surface area contributed by atoms with Gasteiger partial charge in [-0.15, -0.1) is 0 Å². The molecule has 3 rings (SSSR count). The molecular formula is C20H26FN4O4+. The zero-order chi connectivity index (χ0) is 20.6. The second-order valence-corrected chi connectivity index (χ2v) is 6.88. The number of aliphatic hydroxyl groups is 1. The summed E-state index contributed by atoms with van der Waals surface area (Å²) in [5, 5.41) is 13.7. The van der Waals surface area contributed by atoms with Crippen LogP contribution < -0.4 is 20.4 Å². The third-order valence-corrected chi connectivity index (χ3v) is 5.05. The minimum absolute atomic E-state index is 0.0322. The maximum absolute atomic E-state index is 13.1. The Balaban J connectivity index is 1.59. The van der Waals surface area contributed by atoms with Gasteiger partial charge in [-0.05, 0) is 36.4 Å². The summed E-state index contributed by atoms with van der Waals surface area (Å²) >= 11 is 0. The van der Waals surface area contributed by atoms with Crippen molar-refractivity contribution in [2.24, 2.45) is 0 Å². The lowest BCUT2D eigenvalue weighted by molar-refractivity contribution is -0.932. The van der Waals surface area contributed by atoms with E-state index in [9.17, 15) is 14.0 Å². The molecule has 0 bridgehead atoms. The number of amides is 2. The molecule has 156 valence electrons. The van der Waals surface area contributed by atoms with Crippen molar-refractivity contribution >= 4 is 17.5 Å². The molecule has 0 spiro atoms. The van der Waals surface area contributed by atoms with E-state index >= 15 is 0 Å². The van der Waals surface area contributed by atoms with Crippen LogP contribution in [0.3, 0.4) is 0 Å². The Morgan fingerprint density at radius 2 is 1.83 bits per heavy atom. The molecule has 0 aliphatic carbocycles. The van der Waals surface area contributed by atoms with Gasteiger partial charge >= 0.3 is 11.8 Å². The molecule has 0 saturated carbocycles. The minimum Gasteiger partial charge on any atom is -0.463 e. The van der Waals surface area contributed by atoms with Crippen LogP contribution in [0.15, 0.2) is 47.1 Å². The van der Waals surface area contributed by atoms with E-state index in [2.05, 4.69) is 15.5 Å². The zero-order valence-electron chi connectivity index (χ0n) is 16.1. The monoisotopic (exact) mass is 405 g/mol. The van der Waals surface area contributed by atoms with Crippen LogP contribution in [-0.4, -0.2) is 62.8 Å². The fourth-order valence-corrected chi connectivity index (χ4v) is 3.51. The van der Waals surface area contributed by atoms with Crippen LogP contribution in [0, 0.1) is 5.82 Å². The molecule has 0 unspecified atom stereocenters. The highest BCUT2D eigenvalue weighted by molar-refractivity contribution is 6.35. The summed E-state index contributed by atoms with van der Waals surface area (Å²) in [6.45, 7) is 3.22. The Hall–Kier alpha value is -2.91. The van der Waals surface area contributed by atoms with Crippen LogP contribution in [-0.2, 0) is 9.59 Å². The van der Waals surface area contributed by atoms with Crippen LogP contribution in [0.5, 0.6) is 0 Å². The van der Waals surface area contributed by atoms with E-state index in [-0.39, 0.29) is 31.6 Å². The second kappa shape index (κ2) is 10.0. The normalized spacial score (nSPS) is 15.7. The molecule has 29 heavy (non-hydrogen) atoms. The predicted molar refractivity (Wildman–Crippen MR) is 104 cm³/mol. The van der Waals surface area contributed by atoms with Crippen LogP contribution in [0.25, 0.3) is 0 Å². The summed E-state index contributed by atoms with van der Waals surface area (Å²) in [4.78, 5) is 27.1. The van der Waals surface area contributed by atoms with Gasteiger partial charge < -0.3 is 30.0 Å². The lowest BCUT2D eigenvalue weighted by Gasteiger charge is -2.37. The maximum atomic E-state index is 13.1. The number of furan rings is 1. The minimum atomic E-state index is -0.770. The van der Waals surface area contributed by atoms with Crippen molar-refractivity contribution in [3.63, 3.8) is 0 Å². The first-order valence-corrected chi connectivity index (χ1v) is 9.64. The van der Waals surface area contributed by atoms with E-state index in [1.165, 1.54) is 17.0 Å². The number of hydrogen-bond donors (Lipinski definition) is 4. The van der Waals surface area contributed by atoms with E-state index in [1.54, 1.807) is 24.5 Å². The largest absolute Gasteiger partial charge is 0.463 e. The molecule has 2 aromatic rings. The highest BCUT2D eigenvalue weighted by Crippen LogP contribution is 2.16. The number of nitrogens with one attached hydrogen (secondary N) is 3. The van der Waals surface area contributed by atoms with Crippen molar-refractivity contribution in [2.45, 2.75) is 6.04 Å². The van der Waals surface area contributed by atoms with E-state index in [0.717, 1.165) is 37.6 Å². The second-order valence-electron chi connectivity index (χ2n) is 6.88. The van der Waals surface area contributed by atoms with Gasteiger partial charge in [-0.3, -0.25) is 9.59 Å². The molecule has 1 fully saturated rings. The first-order chi connectivity index (χ1) is 14.1. The summed E-state index contributed by atoms with van der Waals surface area (Å²) in [5.74, 6) is -1.02. The smallest absolute Gasteiger partial charge is 0.309 e. The van der Waals surface area contributed by atoms with Gasteiger partial charge in [-0.25, -0.2) is 4.39 Å². The number of carbonyl (C=O) groups excluding carboxylic acids is 2. The lowest BCUT2D eigenvalue weighted by atomic mass is 10.1. The standard InChI is InChI=1S/C20H25FN4O4/c21-15-3-5-16(6-4-15)24-8-10-25(11-9-24)17(18-2-1-13-29-18)14-23-20(28)19(27)22-7-12-26/h1-6,13,17,26H,7-12,14H2,(H,22,27)(H,23,28)/p+1/t17-/m0/s1. The number of piperazine rings is 1. The first kappa shape index (κ1) is 20.8. The molecule has 1 aliphatic heterocycles. The fraction of sp³-hybridized carbons (Fsp3) is 0.400. The number of benzene rings is 1. The van der Waals surface area contributed by atoms with Gasteiger partial charge in [0.25, 0.3) is 0 Å². The van der Waals surface area contributed by atoms with Crippen molar-refractivity contribution in [3.05, 3.63) is 54.2 Å². The Kier molecular flexibility index (Phi) is 7.20. The van der Waals surface area contributed by atoms with E-state index in [1.807, 2.05) is 6.07 Å². The average Bonchev–Trinajstić information content (AvgIpc) is 3.27. The van der Waals surface area contributed by atoms with Gasteiger partial charge in [-0.2, -0.15) is 0 Å². The highest BCUT2D eigenvalue weighted by atomic mass is 19.1. The quantitative estimate of drug-likeness (QED) is 0.447. The average molecular weight is 405 g/mol. The molecule has 9 heteroatoms. The molecule has 1 aromatic heterocycles. The van der Waals surface area contributed by atoms with Crippen molar-refractivity contribution in [1.29, 1.82) is 0 Å². The van der Waals surface area contributed by atoms with Crippen molar-refractivity contribution < 1.29 is 28.4 Å². The van der Waals surface area contributed by atoms with Crippen LogP contribution in [0.1, 0.15) is 11.8 Å². The van der Waals surface area contributed by atoms with Gasteiger partial charge in [-0.1, -0.05) is 0 Å². The molecular weight excluding hydrogens is 379 g/mol. The summed E-state index contributed by atoms with van der Waals surface area (Å²) < 4.78 is 18.7. The van der Waals surface area contributed by atoms with E-state index in [0.29, 0.717) is 0 Å². The van der Waals surface area contributed by atoms with Crippen molar-refractivity contribution in [2.75, 3.05) is 50.8 Å². The third-order valence-electron chi connectivity index (χ3n) is 5.05. The number of hydrogen-bond acceptors (Lipinski definition) is 5. The summed E-state index contributed by atoms with van der Waals surface area (Å²) in [7, 11) is 0. The molecule has 2 heterocycles. The van der Waals surface area contributed by atoms with Gasteiger partial charge in [0.2, 0.25) is 0 Å². The number of quaternary nitrogens is 1. The predicted octanol–water partition coefficient (Wildman–Crippen LogP) is -0.910. The Morgan fingerprint density at radius 3 is 2.45 bits per heavy atom. The summed E-state index contributed by atoms with van der Waals surface area (Å²) in [6.07, 6.45) is 1.59. The van der Waals surface area contributed by atoms with E-state index in [4.69, 9.17) is 9.52 Å². The summed E-state index contributed by atoms with van der Waals surface area (Å²) in [6, 6.07) is 9.99. The number of carbonyl (C=O) groups is 2. The summed E-state index contributed by atoms with van der Waals surface area (Å²) in [5.41, 5.74) is 0.980. The molecule has 1 atom stereocenters. The van der Waals surface area contributed by atoms with Gasteiger partial charge in [0.05, 0.1) is 45.6 Å². The van der Waals surface area contributed by atoms with Gasteiger partial charge in [0.1, 0.15) is 5.82 Å². The number of rotatable bonds is 7. The maximum Gasteiger partial charge on any atom is 0.309 e. The van der Waals surface area contributed by atoms with Crippen LogP contribution in [0.2, 0.25) is 0 Å². The zero-order valence-corrected chi connectivity index (χ0v) is 16.1. The molecule has 2 amide bonds. The Labute approximate surface area is 168 Å². The number of halogens is 1. The SMILES string of the molecule is O=C(NCCO)C(=O)NC[C@@H](c1ccco1)[NH+]1CCN(c2ccc(F)cc2)CC1. The van der Waals surface area contributed by atoms with E-state index < -0.39 is 11.8 Å². The van der Waals surface area contributed by atoms with Gasteiger partial charge in [0.15, 0.2) is 11.8 Å². The topological polar surface area (TPSA) is 99.2 Å². The number of nitrogens with zero attached hydrogens (tertiary/aromatic N) is 1. The fourth-order valence-electron chi connectivity index (χ4n) is 3.51. The van der Waals surface area contributed by atoms with Crippen molar-refractivity contribution in [1.82, 2.24) is 10.6 Å². The molecule has 1 aliphatic rings.